The molecule has 2 heterocycles. The van der Waals surface area contributed by atoms with Gasteiger partial charge >= 0.3 is 5.97 Å². The van der Waals surface area contributed by atoms with E-state index in [0.29, 0.717) is 12.2 Å². The van der Waals surface area contributed by atoms with Gasteiger partial charge in [0.1, 0.15) is 6.10 Å². The second-order valence-electron chi connectivity index (χ2n) is 10.1. The number of aryl methyl sites for hydroxylation is 1. The normalized spacial score (nSPS) is 36.3. The first-order chi connectivity index (χ1) is 14.0. The number of aromatic hydroxyl groups is 1. The molecule has 1 spiro atoms. The highest BCUT2D eigenvalue weighted by Gasteiger charge is 2.69. The van der Waals surface area contributed by atoms with Gasteiger partial charge in [0.25, 0.3) is 0 Å². The molecule has 2 aliphatic heterocycles. The van der Waals surface area contributed by atoms with E-state index in [9.17, 15) is 19.6 Å². The molecule has 2 N–H and O–H groups in total. The summed E-state index contributed by atoms with van der Waals surface area (Å²) in [5.74, 6) is -0.000752. The number of benzene rings is 1. The van der Waals surface area contributed by atoms with Gasteiger partial charge in [-0.05, 0) is 70.3 Å². The molecule has 1 unspecified atom stereocenters. The molecule has 1 saturated heterocycles. The summed E-state index contributed by atoms with van der Waals surface area (Å²) in [5.41, 5.74) is 2.77. The van der Waals surface area contributed by atoms with Crippen molar-refractivity contribution in [3.05, 3.63) is 34.9 Å². The number of piperidine rings is 1. The van der Waals surface area contributed by atoms with Crippen molar-refractivity contribution in [3.63, 3.8) is 0 Å². The molecule has 4 aliphatic rings. The smallest absolute Gasteiger partial charge is 0.303 e. The number of likely N-dealkylation sites (N-methyl/N-ethyl adjacent to an activating group) is 1. The summed E-state index contributed by atoms with van der Waals surface area (Å²) in [5, 5.41) is 19.5. The van der Waals surface area contributed by atoms with Gasteiger partial charge in [-0.15, -0.1) is 0 Å². The lowest BCUT2D eigenvalue weighted by atomic mass is 9.51. The fourth-order valence-corrected chi connectivity index (χ4v) is 7.89. The van der Waals surface area contributed by atoms with Crippen LogP contribution in [0.3, 0.4) is 0 Å². The van der Waals surface area contributed by atoms with Gasteiger partial charge in [0.15, 0.2) is 11.5 Å². The van der Waals surface area contributed by atoms with Crippen LogP contribution in [0.2, 0.25) is 0 Å². The van der Waals surface area contributed by atoms with E-state index < -0.39 is 18.3 Å². The molecule has 30 heavy (non-hydrogen) atoms. The van der Waals surface area contributed by atoms with Crippen LogP contribution in [0.15, 0.2) is 18.2 Å². The molecular weight excluding hydrogens is 401 g/mol. The number of ether oxygens (including phenoxy) is 1. The third-order valence-electron chi connectivity index (χ3n) is 8.44. The van der Waals surface area contributed by atoms with Crippen molar-refractivity contribution < 1.29 is 24.3 Å². The highest BCUT2D eigenvalue weighted by atomic mass is 31.2. The molecule has 0 saturated carbocycles. The lowest BCUT2D eigenvalue weighted by Crippen LogP contribution is -2.67. The molecule has 1 aromatic rings. The monoisotopic (exact) mass is 431 g/mol. The summed E-state index contributed by atoms with van der Waals surface area (Å²) in [6.45, 7) is 6.61. The van der Waals surface area contributed by atoms with E-state index in [4.69, 9.17) is 4.74 Å². The van der Waals surface area contributed by atoms with E-state index in [0.717, 1.165) is 36.1 Å². The number of carbonyl (C=O) groups is 1. The topological polar surface area (TPSA) is 87.1 Å². The minimum atomic E-state index is -2.57. The number of carboxylic acid groups (broad SMARTS) is 1. The molecule has 6 nitrogen and oxygen atoms in total. The van der Waals surface area contributed by atoms with Gasteiger partial charge in [-0.3, -0.25) is 4.79 Å². The van der Waals surface area contributed by atoms with Crippen molar-refractivity contribution >= 4 is 13.1 Å². The SMILES string of the molecule is CN1CC[C@]23c4c5c(CCC(=O)O)cc(O)c4O[C@H]2[C@](C)(P(C)(C)=O)C=CC3[C@H]1C5. The zero-order valence-corrected chi connectivity index (χ0v) is 18.9. The Morgan fingerprint density at radius 1 is 1.40 bits per heavy atom. The Balaban J connectivity index is 1.78. The van der Waals surface area contributed by atoms with E-state index in [2.05, 4.69) is 24.1 Å². The second-order valence-corrected chi connectivity index (χ2v) is 13.8. The van der Waals surface area contributed by atoms with E-state index in [1.807, 2.05) is 20.3 Å². The minimum absolute atomic E-state index is 0.0309. The number of phenolic OH excluding ortho intramolecular Hbond substituents is 1. The van der Waals surface area contributed by atoms with Crippen LogP contribution in [0.1, 0.15) is 36.5 Å². The fraction of sp³-hybridized carbons (Fsp3) is 0.609. The van der Waals surface area contributed by atoms with Crippen molar-refractivity contribution in [2.45, 2.75) is 55.3 Å². The van der Waals surface area contributed by atoms with Gasteiger partial charge in [-0.2, -0.15) is 0 Å². The molecule has 0 amide bonds. The summed E-state index contributed by atoms with van der Waals surface area (Å²) in [4.78, 5) is 13.6. The maximum absolute atomic E-state index is 13.5. The summed E-state index contributed by atoms with van der Waals surface area (Å²) in [7, 11) is -0.423. The van der Waals surface area contributed by atoms with Gasteiger partial charge in [0.2, 0.25) is 0 Å². The molecule has 1 aromatic carbocycles. The molecule has 2 aliphatic carbocycles. The summed E-state index contributed by atoms with van der Waals surface area (Å²) in [6, 6.07) is 1.98. The molecule has 5 atom stereocenters. The Bertz CT molecular complexity index is 1030. The van der Waals surface area contributed by atoms with E-state index in [-0.39, 0.29) is 35.6 Å². The van der Waals surface area contributed by atoms with E-state index in [1.165, 1.54) is 0 Å². The van der Waals surface area contributed by atoms with Gasteiger partial charge < -0.3 is 24.4 Å². The zero-order chi connectivity index (χ0) is 21.6. The van der Waals surface area contributed by atoms with Crippen LogP contribution < -0.4 is 4.74 Å². The standard InChI is InChI=1S/C23H30NO5P/c1-22(30(3,4)28)8-7-15-16-12-14-13(5-6-18(26)27)11-17(25)20-19(14)23(15,21(22)29-20)9-10-24(16)2/h7-8,11,15-16,21,25H,5-6,9-10,12H2,1-4H3,(H,26,27)/t15?,16-,21+,22-,23+/m1/s1. The van der Waals surface area contributed by atoms with E-state index in [1.54, 1.807) is 6.07 Å². The molecule has 0 aromatic heterocycles. The number of carboxylic acids is 1. The molecule has 0 radical (unpaired) electrons. The average Bonchev–Trinajstić information content (AvgIpc) is 3.01. The highest BCUT2D eigenvalue weighted by Crippen LogP contribution is 2.70. The summed E-state index contributed by atoms with van der Waals surface area (Å²) < 4.78 is 20.0. The number of nitrogens with zero attached hydrogens (tertiary/aromatic N) is 1. The Morgan fingerprint density at radius 2 is 2.13 bits per heavy atom. The number of aliphatic carboxylic acids is 1. The first-order valence-corrected chi connectivity index (χ1v) is 13.3. The van der Waals surface area contributed by atoms with Crippen LogP contribution in [-0.4, -0.2) is 65.3 Å². The third-order valence-corrected chi connectivity index (χ3v) is 11.1. The molecule has 2 bridgehead atoms. The van der Waals surface area contributed by atoms with Crippen molar-refractivity contribution in [3.8, 4) is 11.5 Å². The zero-order valence-electron chi connectivity index (χ0n) is 18.0. The lowest BCUT2D eigenvalue weighted by molar-refractivity contribution is -0.136. The van der Waals surface area contributed by atoms with Gasteiger partial charge in [-0.1, -0.05) is 12.2 Å². The Kier molecular flexibility index (Phi) is 4.12. The summed E-state index contributed by atoms with van der Waals surface area (Å²) in [6.07, 6.45) is 6.19. The number of phenols is 1. The van der Waals surface area contributed by atoms with Crippen LogP contribution in [0, 0.1) is 5.92 Å². The Labute approximate surface area is 177 Å². The van der Waals surface area contributed by atoms with Crippen molar-refractivity contribution in [2.24, 2.45) is 5.92 Å². The van der Waals surface area contributed by atoms with Crippen LogP contribution in [-0.2, 0) is 27.6 Å². The van der Waals surface area contributed by atoms with Crippen molar-refractivity contribution in [1.29, 1.82) is 0 Å². The minimum Gasteiger partial charge on any atom is -0.504 e. The van der Waals surface area contributed by atoms with Crippen LogP contribution in [0.4, 0.5) is 0 Å². The Morgan fingerprint density at radius 3 is 2.80 bits per heavy atom. The van der Waals surface area contributed by atoms with Crippen LogP contribution in [0.5, 0.6) is 11.5 Å². The third kappa shape index (κ3) is 2.35. The molecular formula is C23H30NO5P. The Hall–Kier alpha value is -1.78. The lowest BCUT2D eigenvalue weighted by Gasteiger charge is -2.59. The maximum atomic E-state index is 13.5. The first kappa shape index (κ1) is 20.1. The number of rotatable bonds is 4. The highest BCUT2D eigenvalue weighted by molar-refractivity contribution is 7.64. The summed E-state index contributed by atoms with van der Waals surface area (Å²) >= 11 is 0. The van der Waals surface area contributed by atoms with Crippen molar-refractivity contribution in [2.75, 3.05) is 26.9 Å². The molecule has 5 rings (SSSR count). The maximum Gasteiger partial charge on any atom is 0.303 e. The van der Waals surface area contributed by atoms with Crippen LogP contribution >= 0.6 is 7.14 Å². The van der Waals surface area contributed by atoms with Gasteiger partial charge in [0.05, 0.1) is 12.3 Å². The number of hydrogen-bond donors (Lipinski definition) is 2. The number of hydrogen-bond acceptors (Lipinski definition) is 5. The number of likely N-dealkylation sites (tertiary alicyclic amines) is 1. The van der Waals surface area contributed by atoms with Crippen LogP contribution in [0.25, 0.3) is 0 Å². The molecule has 162 valence electrons. The molecule has 7 heteroatoms. The predicted molar refractivity (Wildman–Crippen MR) is 115 cm³/mol. The quantitative estimate of drug-likeness (QED) is 0.562. The van der Waals surface area contributed by atoms with Crippen molar-refractivity contribution in [1.82, 2.24) is 4.90 Å². The fourth-order valence-electron chi connectivity index (χ4n) is 6.60. The molecule has 1 fully saturated rings. The van der Waals surface area contributed by atoms with Gasteiger partial charge in [-0.25, -0.2) is 0 Å². The second kappa shape index (κ2) is 6.14. The first-order valence-electron chi connectivity index (χ1n) is 10.7. The van der Waals surface area contributed by atoms with Gasteiger partial charge in [0, 0.05) is 29.4 Å². The average molecular weight is 431 g/mol. The predicted octanol–water partition coefficient (Wildman–Crippen LogP) is 3.24. The van der Waals surface area contributed by atoms with E-state index >= 15 is 0 Å². The largest absolute Gasteiger partial charge is 0.504 e.